The summed E-state index contributed by atoms with van der Waals surface area (Å²) in [5, 5.41) is -0.700. The summed E-state index contributed by atoms with van der Waals surface area (Å²) in [5.74, 6) is 0.186. The van der Waals surface area contributed by atoms with Gasteiger partial charge in [0.25, 0.3) is 0 Å². The molecule has 2 nitrogen and oxygen atoms in total. The zero-order chi connectivity index (χ0) is 10.1. The number of hydrogen-bond acceptors (Lipinski definition) is 1. The fraction of sp³-hybridized carbons (Fsp3) is 0.364. The van der Waals surface area contributed by atoms with Gasteiger partial charge in [0, 0.05) is 0 Å². The van der Waals surface area contributed by atoms with Gasteiger partial charge in [0.15, 0.2) is 0 Å². The van der Waals surface area contributed by atoms with E-state index in [9.17, 15) is 4.79 Å². The zero-order valence-electron chi connectivity index (χ0n) is 7.74. The Bertz CT molecular complexity index is 360. The fourth-order valence-electron chi connectivity index (χ4n) is 1.55. The van der Waals surface area contributed by atoms with E-state index in [0.29, 0.717) is 5.92 Å². The Kier molecular flexibility index (Phi) is 2.46. The molecule has 2 N–H and O–H groups in total. The quantitative estimate of drug-likeness (QED) is 0.763. The van der Waals surface area contributed by atoms with E-state index in [4.69, 9.17) is 17.3 Å². The minimum absolute atomic E-state index is 0.486. The van der Waals surface area contributed by atoms with Gasteiger partial charge in [-0.05, 0) is 29.9 Å². The van der Waals surface area contributed by atoms with Gasteiger partial charge in [-0.2, -0.15) is 0 Å². The van der Waals surface area contributed by atoms with E-state index in [0.717, 1.165) is 5.56 Å². The second-order valence-electron chi connectivity index (χ2n) is 3.71. The van der Waals surface area contributed by atoms with Gasteiger partial charge in [0.05, 0.1) is 0 Å². The predicted octanol–water partition coefficient (Wildman–Crippen LogP) is 2.33. The van der Waals surface area contributed by atoms with Crippen molar-refractivity contribution in [2.45, 2.75) is 24.1 Å². The lowest BCUT2D eigenvalue weighted by atomic mass is 10.0. The molecule has 0 aromatic heterocycles. The Hall–Kier alpha value is -1.02. The molecule has 0 radical (unpaired) electrons. The van der Waals surface area contributed by atoms with Gasteiger partial charge in [0.1, 0.15) is 5.38 Å². The van der Waals surface area contributed by atoms with Crippen LogP contribution < -0.4 is 5.73 Å². The molecule has 0 heterocycles. The highest BCUT2D eigenvalue weighted by atomic mass is 35.5. The third kappa shape index (κ3) is 1.90. The number of rotatable bonds is 3. The third-order valence-electron chi connectivity index (χ3n) is 2.50. The van der Waals surface area contributed by atoms with E-state index in [2.05, 4.69) is 6.07 Å². The topological polar surface area (TPSA) is 43.1 Å². The van der Waals surface area contributed by atoms with Crippen LogP contribution in [0.1, 0.15) is 35.3 Å². The van der Waals surface area contributed by atoms with E-state index in [1.54, 1.807) is 0 Å². The van der Waals surface area contributed by atoms with E-state index in [1.165, 1.54) is 18.4 Å². The van der Waals surface area contributed by atoms with Crippen molar-refractivity contribution in [3.05, 3.63) is 35.4 Å². The molecular weight excluding hydrogens is 198 g/mol. The smallest absolute Gasteiger partial charge is 0.240 e. The zero-order valence-corrected chi connectivity index (χ0v) is 8.50. The van der Waals surface area contributed by atoms with Gasteiger partial charge in [-0.25, -0.2) is 0 Å². The van der Waals surface area contributed by atoms with E-state index in [-0.39, 0.29) is 0 Å². The molecule has 74 valence electrons. The molecule has 1 aliphatic carbocycles. The fourth-order valence-corrected chi connectivity index (χ4v) is 1.69. The molecule has 1 aromatic rings. The van der Waals surface area contributed by atoms with Gasteiger partial charge in [0.2, 0.25) is 5.91 Å². The van der Waals surface area contributed by atoms with Crippen LogP contribution in [-0.2, 0) is 4.79 Å². The summed E-state index contributed by atoms with van der Waals surface area (Å²) in [5.41, 5.74) is 7.22. The SMILES string of the molecule is NC(=O)C(Cl)c1cccc(C2CC2)c1. The summed E-state index contributed by atoms with van der Waals surface area (Å²) in [6.45, 7) is 0. The van der Waals surface area contributed by atoms with E-state index >= 15 is 0 Å². The summed E-state index contributed by atoms with van der Waals surface area (Å²) in [4.78, 5) is 10.9. The Balaban J connectivity index is 2.25. The largest absolute Gasteiger partial charge is 0.368 e. The average Bonchev–Trinajstić information content (AvgIpc) is 3.00. The van der Waals surface area contributed by atoms with Crippen LogP contribution in [0.3, 0.4) is 0 Å². The summed E-state index contributed by atoms with van der Waals surface area (Å²) in [7, 11) is 0. The number of hydrogen-bond donors (Lipinski definition) is 1. The van der Waals surface area contributed by atoms with Crippen molar-refractivity contribution < 1.29 is 4.79 Å². The first-order valence-electron chi connectivity index (χ1n) is 4.71. The highest BCUT2D eigenvalue weighted by molar-refractivity contribution is 6.30. The van der Waals surface area contributed by atoms with Crippen molar-refractivity contribution in [2.75, 3.05) is 0 Å². The van der Waals surface area contributed by atoms with Gasteiger partial charge >= 0.3 is 0 Å². The minimum atomic E-state index is -0.700. The second-order valence-corrected chi connectivity index (χ2v) is 4.15. The van der Waals surface area contributed by atoms with E-state index in [1.807, 2.05) is 18.2 Å². The molecule has 3 heteroatoms. The standard InChI is InChI=1S/C11H12ClNO/c12-10(11(13)14)9-3-1-2-8(6-9)7-4-5-7/h1-3,6-7,10H,4-5H2,(H2,13,14). The van der Waals surface area contributed by atoms with Crippen LogP contribution in [0, 0.1) is 0 Å². The first kappa shape index (κ1) is 9.53. The molecule has 1 atom stereocenters. The summed E-state index contributed by atoms with van der Waals surface area (Å²) >= 11 is 5.86. The lowest BCUT2D eigenvalue weighted by Gasteiger charge is -2.07. The van der Waals surface area contributed by atoms with E-state index < -0.39 is 11.3 Å². The molecule has 14 heavy (non-hydrogen) atoms. The summed E-state index contributed by atoms with van der Waals surface area (Å²) < 4.78 is 0. The Labute approximate surface area is 88.1 Å². The highest BCUT2D eigenvalue weighted by Crippen LogP contribution is 2.40. The number of nitrogens with two attached hydrogens (primary N) is 1. The van der Waals surface area contributed by atoms with Crippen LogP contribution in [0.25, 0.3) is 0 Å². The van der Waals surface area contributed by atoms with Crippen LogP contribution >= 0.6 is 11.6 Å². The number of alkyl halides is 1. The maximum Gasteiger partial charge on any atom is 0.240 e. The number of halogens is 1. The molecule has 1 saturated carbocycles. The lowest BCUT2D eigenvalue weighted by molar-refractivity contribution is -0.117. The van der Waals surface area contributed by atoms with Crippen molar-refractivity contribution in [1.29, 1.82) is 0 Å². The first-order chi connectivity index (χ1) is 6.68. The number of carbonyl (C=O) groups is 1. The predicted molar refractivity (Wildman–Crippen MR) is 56.2 cm³/mol. The molecule has 0 spiro atoms. The van der Waals surface area contributed by atoms with Gasteiger partial charge in [-0.15, -0.1) is 11.6 Å². The van der Waals surface area contributed by atoms with Gasteiger partial charge in [-0.3, -0.25) is 4.79 Å². The monoisotopic (exact) mass is 209 g/mol. The number of amides is 1. The molecule has 0 saturated heterocycles. The Morgan fingerprint density at radius 1 is 1.50 bits per heavy atom. The molecule has 0 aliphatic heterocycles. The molecule has 1 aromatic carbocycles. The van der Waals surface area contributed by atoms with Crippen LogP contribution in [-0.4, -0.2) is 5.91 Å². The van der Waals surface area contributed by atoms with Crippen molar-refractivity contribution in [3.8, 4) is 0 Å². The van der Waals surface area contributed by atoms with Crippen LogP contribution in [0.2, 0.25) is 0 Å². The Morgan fingerprint density at radius 2 is 2.21 bits per heavy atom. The van der Waals surface area contributed by atoms with Crippen molar-refractivity contribution in [1.82, 2.24) is 0 Å². The average molecular weight is 210 g/mol. The number of carbonyl (C=O) groups excluding carboxylic acids is 1. The Morgan fingerprint density at radius 3 is 2.79 bits per heavy atom. The maximum absolute atomic E-state index is 10.9. The summed E-state index contributed by atoms with van der Waals surface area (Å²) in [6, 6.07) is 7.83. The third-order valence-corrected chi connectivity index (χ3v) is 2.97. The second kappa shape index (κ2) is 3.62. The number of primary amides is 1. The molecule has 1 amide bonds. The molecule has 1 fully saturated rings. The first-order valence-corrected chi connectivity index (χ1v) is 5.15. The van der Waals surface area contributed by atoms with Crippen LogP contribution in [0.5, 0.6) is 0 Å². The van der Waals surface area contributed by atoms with Gasteiger partial charge in [-0.1, -0.05) is 24.3 Å². The molecule has 2 rings (SSSR count). The normalized spacial score (nSPS) is 17.8. The lowest BCUT2D eigenvalue weighted by Crippen LogP contribution is -2.17. The van der Waals surface area contributed by atoms with Crippen LogP contribution in [0.4, 0.5) is 0 Å². The maximum atomic E-state index is 10.9. The molecule has 0 bridgehead atoms. The molecule has 1 unspecified atom stereocenters. The number of benzene rings is 1. The van der Waals surface area contributed by atoms with Crippen molar-refractivity contribution in [3.63, 3.8) is 0 Å². The summed E-state index contributed by atoms with van der Waals surface area (Å²) in [6.07, 6.45) is 2.49. The highest BCUT2D eigenvalue weighted by Gasteiger charge is 2.24. The molecular formula is C11H12ClNO. The van der Waals surface area contributed by atoms with Crippen LogP contribution in [0.15, 0.2) is 24.3 Å². The van der Waals surface area contributed by atoms with Crippen molar-refractivity contribution in [2.24, 2.45) is 5.73 Å². The van der Waals surface area contributed by atoms with Crippen molar-refractivity contribution >= 4 is 17.5 Å². The minimum Gasteiger partial charge on any atom is -0.368 e. The van der Waals surface area contributed by atoms with Gasteiger partial charge < -0.3 is 5.73 Å². The molecule has 1 aliphatic rings.